The molecule has 12 heteroatoms. The van der Waals surface area contributed by atoms with Gasteiger partial charge in [-0.15, -0.1) is 10.2 Å². The van der Waals surface area contributed by atoms with Crippen molar-refractivity contribution in [2.45, 2.75) is 44.8 Å². The molecule has 192 valence electrons. The van der Waals surface area contributed by atoms with Crippen LogP contribution in [0.4, 0.5) is 5.95 Å². The van der Waals surface area contributed by atoms with Crippen molar-refractivity contribution >= 4 is 24.0 Å². The highest BCUT2D eigenvalue weighted by atomic mass is 32.2. The number of aliphatic hydroxyl groups excluding tert-OH is 1. The number of sulfonamides is 1. The van der Waals surface area contributed by atoms with Gasteiger partial charge in [0.25, 0.3) is 0 Å². The minimum absolute atomic E-state index is 0.0652. The van der Waals surface area contributed by atoms with E-state index in [1.807, 2.05) is 6.92 Å². The van der Waals surface area contributed by atoms with Gasteiger partial charge in [0, 0.05) is 14.6 Å². The average molecular weight is 523 g/mol. The lowest BCUT2D eigenvalue weighted by Crippen LogP contribution is -2.43. The van der Waals surface area contributed by atoms with Gasteiger partial charge in [-0.05, 0) is 44.2 Å². The molecule has 1 N–H and O–H groups in total. The van der Waals surface area contributed by atoms with Gasteiger partial charge in [-0.25, -0.2) is 12.7 Å². The van der Waals surface area contributed by atoms with Crippen LogP contribution in [-0.4, -0.2) is 69.0 Å². The molecular weight excluding hydrogens is 488 g/mol. The van der Waals surface area contributed by atoms with Gasteiger partial charge in [0.1, 0.15) is 28.2 Å². The van der Waals surface area contributed by atoms with E-state index in [1.54, 1.807) is 34.9 Å². The van der Waals surface area contributed by atoms with E-state index in [-0.39, 0.29) is 12.5 Å². The second-order valence-electron chi connectivity index (χ2n) is 9.50. The molecule has 1 unspecified atom stereocenters. The Morgan fingerprint density at radius 2 is 1.74 bits per heavy atom. The highest BCUT2D eigenvalue weighted by Crippen LogP contribution is 2.39. The number of hydrogen-bond donors (Lipinski definition) is 1. The third-order valence-electron chi connectivity index (χ3n) is 5.59. The number of aliphatic hydroxyl groups is 1. The van der Waals surface area contributed by atoms with Crippen LogP contribution in [0.1, 0.15) is 12.7 Å². The number of aryl methyl sites for hydroxylation is 1. The molecule has 3 aromatic rings. The number of hydrogen-bond acceptors (Lipinski definition) is 8. The standard InChI is InChI=1S/C23H34N4O6SSi/c1-16-11-12-20(33-16)22-24-25-23(27(22)21-18(31-3)9-8-10-19(21)32-4)26(13-14-35(5,6)7)34(29,30)17(2)15-28/h8-12,17,28H,13-15H2,1-7H3. The predicted octanol–water partition coefficient (Wildman–Crippen LogP) is 3.71. The Hall–Kier alpha value is -2.83. The number of benzene rings is 1. The van der Waals surface area contributed by atoms with E-state index in [0.29, 0.717) is 40.6 Å². The Morgan fingerprint density at radius 1 is 1.11 bits per heavy atom. The molecule has 0 saturated heterocycles. The molecule has 35 heavy (non-hydrogen) atoms. The van der Waals surface area contributed by atoms with Gasteiger partial charge in [0.15, 0.2) is 5.76 Å². The van der Waals surface area contributed by atoms with Gasteiger partial charge >= 0.3 is 0 Å². The summed E-state index contributed by atoms with van der Waals surface area (Å²) in [7, 11) is -2.61. The number of anilines is 1. The quantitative estimate of drug-likeness (QED) is 0.379. The first-order chi connectivity index (χ1) is 16.4. The summed E-state index contributed by atoms with van der Waals surface area (Å²) < 4.78 is 47.2. The Morgan fingerprint density at radius 3 is 2.23 bits per heavy atom. The van der Waals surface area contributed by atoms with Crippen molar-refractivity contribution in [3.63, 3.8) is 0 Å². The summed E-state index contributed by atoms with van der Waals surface area (Å²) in [5, 5.41) is 17.4. The van der Waals surface area contributed by atoms with E-state index >= 15 is 0 Å². The average Bonchev–Trinajstić information content (AvgIpc) is 3.43. The van der Waals surface area contributed by atoms with Gasteiger partial charge in [0.2, 0.25) is 21.8 Å². The summed E-state index contributed by atoms with van der Waals surface area (Å²) in [4.78, 5) is 0. The maximum absolute atomic E-state index is 13.6. The molecule has 0 fully saturated rings. The zero-order valence-corrected chi connectivity index (χ0v) is 23.1. The van der Waals surface area contributed by atoms with Crippen LogP contribution >= 0.6 is 0 Å². The fourth-order valence-electron chi connectivity index (χ4n) is 3.50. The van der Waals surface area contributed by atoms with Crippen molar-refractivity contribution in [2.75, 3.05) is 31.7 Å². The van der Waals surface area contributed by atoms with Crippen LogP contribution in [0.25, 0.3) is 17.3 Å². The zero-order valence-electron chi connectivity index (χ0n) is 21.3. The normalized spacial score (nSPS) is 13.0. The number of furan rings is 1. The van der Waals surface area contributed by atoms with Crippen molar-refractivity contribution in [1.82, 2.24) is 14.8 Å². The minimum Gasteiger partial charge on any atom is -0.494 e. The fraction of sp³-hybridized carbons (Fsp3) is 0.478. The maximum atomic E-state index is 13.6. The summed E-state index contributed by atoms with van der Waals surface area (Å²) in [5.74, 6) is 2.31. The van der Waals surface area contributed by atoms with Gasteiger partial charge in [-0.3, -0.25) is 4.57 Å². The van der Waals surface area contributed by atoms with E-state index in [1.165, 1.54) is 25.4 Å². The fourth-order valence-corrected chi connectivity index (χ4v) is 5.87. The molecular formula is C23H34N4O6SSi. The lowest BCUT2D eigenvalue weighted by molar-refractivity contribution is 0.295. The van der Waals surface area contributed by atoms with Crippen molar-refractivity contribution in [2.24, 2.45) is 0 Å². The summed E-state index contributed by atoms with van der Waals surface area (Å²) in [6.45, 7) is 9.44. The molecule has 1 atom stereocenters. The molecule has 1 aromatic carbocycles. The highest BCUT2D eigenvalue weighted by molar-refractivity contribution is 7.93. The molecule has 0 amide bonds. The molecule has 0 bridgehead atoms. The minimum atomic E-state index is -3.99. The second kappa shape index (κ2) is 10.4. The van der Waals surface area contributed by atoms with Gasteiger partial charge in [-0.2, -0.15) is 0 Å². The summed E-state index contributed by atoms with van der Waals surface area (Å²) >= 11 is 0. The first kappa shape index (κ1) is 26.8. The Labute approximate surface area is 207 Å². The maximum Gasteiger partial charge on any atom is 0.246 e. The largest absolute Gasteiger partial charge is 0.494 e. The summed E-state index contributed by atoms with van der Waals surface area (Å²) in [6.07, 6.45) is 0. The molecule has 0 spiro atoms. The van der Waals surface area contributed by atoms with Gasteiger partial charge in [-0.1, -0.05) is 25.7 Å². The Kier molecular flexibility index (Phi) is 7.97. The number of rotatable bonds is 11. The van der Waals surface area contributed by atoms with E-state index in [4.69, 9.17) is 13.9 Å². The van der Waals surface area contributed by atoms with Crippen LogP contribution in [0.15, 0.2) is 34.7 Å². The number of ether oxygens (including phenoxy) is 2. The second-order valence-corrected chi connectivity index (χ2v) is 17.4. The van der Waals surface area contributed by atoms with Crippen LogP contribution in [0, 0.1) is 6.92 Å². The molecule has 0 saturated carbocycles. The van der Waals surface area contributed by atoms with Crippen molar-refractivity contribution in [3.05, 3.63) is 36.1 Å². The van der Waals surface area contributed by atoms with Crippen LogP contribution in [-0.2, 0) is 10.0 Å². The predicted molar refractivity (Wildman–Crippen MR) is 138 cm³/mol. The molecule has 0 aliphatic rings. The first-order valence-corrected chi connectivity index (χ1v) is 16.5. The van der Waals surface area contributed by atoms with E-state index in [9.17, 15) is 13.5 Å². The molecule has 0 aliphatic carbocycles. The number of nitrogens with zero attached hydrogens (tertiary/aromatic N) is 4. The first-order valence-electron chi connectivity index (χ1n) is 11.3. The smallest absolute Gasteiger partial charge is 0.246 e. The molecule has 0 radical (unpaired) electrons. The number of methoxy groups -OCH3 is 2. The van der Waals surface area contributed by atoms with Crippen LogP contribution < -0.4 is 13.8 Å². The SMILES string of the molecule is COc1cccc(OC)c1-n1c(-c2ccc(C)o2)nnc1N(CC[Si](C)(C)C)S(=O)(=O)C(C)CO. The third kappa shape index (κ3) is 5.54. The highest BCUT2D eigenvalue weighted by Gasteiger charge is 2.36. The van der Waals surface area contributed by atoms with E-state index in [2.05, 4.69) is 29.8 Å². The van der Waals surface area contributed by atoms with Crippen molar-refractivity contribution in [1.29, 1.82) is 0 Å². The summed E-state index contributed by atoms with van der Waals surface area (Å²) in [5.41, 5.74) is 0.436. The molecule has 2 heterocycles. The van der Waals surface area contributed by atoms with Gasteiger partial charge in [0.05, 0.1) is 20.8 Å². The van der Waals surface area contributed by atoms with Crippen molar-refractivity contribution in [3.8, 4) is 28.8 Å². The molecule has 10 nitrogen and oxygen atoms in total. The topological polar surface area (TPSA) is 120 Å². The molecule has 0 aliphatic heterocycles. The van der Waals surface area contributed by atoms with E-state index in [0.717, 1.165) is 0 Å². The number of para-hydroxylation sites is 1. The third-order valence-corrected chi connectivity index (χ3v) is 9.44. The Bertz CT molecular complexity index is 1240. The lowest BCUT2D eigenvalue weighted by atomic mass is 10.2. The Balaban J connectivity index is 2.37. The molecule has 3 rings (SSSR count). The monoisotopic (exact) mass is 522 g/mol. The summed E-state index contributed by atoms with van der Waals surface area (Å²) in [6, 6.07) is 9.48. The number of aromatic nitrogens is 3. The van der Waals surface area contributed by atoms with Gasteiger partial charge < -0.3 is 19.0 Å². The van der Waals surface area contributed by atoms with Crippen LogP contribution in [0.5, 0.6) is 11.5 Å². The van der Waals surface area contributed by atoms with E-state index < -0.39 is 30.0 Å². The lowest BCUT2D eigenvalue weighted by Gasteiger charge is -2.29. The van der Waals surface area contributed by atoms with Crippen LogP contribution in [0.3, 0.4) is 0 Å². The molecule has 2 aromatic heterocycles. The van der Waals surface area contributed by atoms with Crippen LogP contribution in [0.2, 0.25) is 25.7 Å². The van der Waals surface area contributed by atoms with Crippen molar-refractivity contribution < 1.29 is 27.4 Å². The zero-order chi connectivity index (χ0) is 26.0.